The van der Waals surface area contributed by atoms with Crippen LogP contribution < -0.4 is 10.6 Å². The molecule has 0 unspecified atom stereocenters. The molecule has 0 aliphatic carbocycles. The van der Waals surface area contributed by atoms with Gasteiger partial charge in [0.2, 0.25) is 0 Å². The Labute approximate surface area is 166 Å². The van der Waals surface area contributed by atoms with Crippen LogP contribution in [0.3, 0.4) is 0 Å². The highest BCUT2D eigenvalue weighted by molar-refractivity contribution is 5.89. The third-order valence-corrected chi connectivity index (χ3v) is 4.43. The molecule has 2 N–H and O–H groups in total. The zero-order valence-electron chi connectivity index (χ0n) is 16.3. The second kappa shape index (κ2) is 8.55. The molecule has 0 atom stereocenters. The number of benzene rings is 1. The highest BCUT2D eigenvalue weighted by Crippen LogP contribution is 2.29. The summed E-state index contributed by atoms with van der Waals surface area (Å²) in [5.74, 6) is 0.480. The minimum atomic E-state index is -4.40. The third-order valence-electron chi connectivity index (χ3n) is 4.43. The molecule has 0 aliphatic rings. The molecule has 0 saturated carbocycles. The first-order valence-corrected chi connectivity index (χ1v) is 9.39. The van der Waals surface area contributed by atoms with E-state index >= 15 is 0 Å². The van der Waals surface area contributed by atoms with Gasteiger partial charge in [0.05, 0.1) is 5.56 Å². The van der Waals surface area contributed by atoms with E-state index in [1.54, 1.807) is 6.20 Å². The van der Waals surface area contributed by atoms with Gasteiger partial charge in [-0.15, -0.1) is 0 Å². The van der Waals surface area contributed by atoms with Crippen LogP contribution in [0.1, 0.15) is 25.0 Å². The van der Waals surface area contributed by atoms with Crippen molar-refractivity contribution in [3.8, 4) is 0 Å². The number of rotatable bonds is 6. The number of amides is 2. The normalized spacial score (nSPS) is 11.8. The van der Waals surface area contributed by atoms with Crippen molar-refractivity contribution in [2.45, 2.75) is 33.0 Å². The summed E-state index contributed by atoms with van der Waals surface area (Å²) in [6, 6.07) is 7.76. The summed E-state index contributed by atoms with van der Waals surface area (Å²) in [7, 11) is 0. The fourth-order valence-electron chi connectivity index (χ4n) is 3.16. The number of nitrogens with one attached hydrogen (secondary N) is 2. The van der Waals surface area contributed by atoms with E-state index in [2.05, 4.69) is 40.2 Å². The van der Waals surface area contributed by atoms with Gasteiger partial charge in [-0.25, -0.2) is 9.78 Å². The number of hydrogen-bond acceptors (Lipinski definition) is 2. The van der Waals surface area contributed by atoms with Gasteiger partial charge in [0.25, 0.3) is 0 Å². The van der Waals surface area contributed by atoms with E-state index in [1.807, 2.05) is 12.1 Å². The Morgan fingerprint density at radius 3 is 2.55 bits per heavy atom. The SMILES string of the molecule is CC(C)Cn1cc(CCNC(=O)Nc2ccc(C(F)(F)F)cc2)c2cccnc21. The van der Waals surface area contributed by atoms with E-state index in [4.69, 9.17) is 0 Å². The molecular weight excluding hydrogens is 381 g/mol. The molecule has 3 aromatic rings. The number of carbonyl (C=O) groups is 1. The first kappa shape index (κ1) is 20.7. The van der Waals surface area contributed by atoms with E-state index in [-0.39, 0.29) is 0 Å². The minimum Gasteiger partial charge on any atom is -0.338 e. The molecule has 0 radical (unpaired) electrons. The average Bonchev–Trinajstić information content (AvgIpc) is 2.99. The van der Waals surface area contributed by atoms with Crippen LogP contribution in [-0.4, -0.2) is 22.1 Å². The summed E-state index contributed by atoms with van der Waals surface area (Å²) in [6.45, 7) is 5.53. The summed E-state index contributed by atoms with van der Waals surface area (Å²) in [5.41, 5.74) is 1.55. The number of hydrogen-bond donors (Lipinski definition) is 2. The quantitative estimate of drug-likeness (QED) is 0.602. The second-order valence-corrected chi connectivity index (χ2v) is 7.28. The van der Waals surface area contributed by atoms with Gasteiger partial charge in [-0.1, -0.05) is 13.8 Å². The fourth-order valence-corrected chi connectivity index (χ4v) is 3.16. The van der Waals surface area contributed by atoms with Crippen molar-refractivity contribution in [3.05, 3.63) is 59.9 Å². The molecule has 0 saturated heterocycles. The van der Waals surface area contributed by atoms with Crippen LogP contribution in [0.2, 0.25) is 0 Å². The van der Waals surface area contributed by atoms with Crippen LogP contribution in [0.5, 0.6) is 0 Å². The van der Waals surface area contributed by atoms with Gasteiger partial charge in [0, 0.05) is 36.6 Å². The van der Waals surface area contributed by atoms with Crippen molar-refractivity contribution in [1.82, 2.24) is 14.9 Å². The number of pyridine rings is 1. The Morgan fingerprint density at radius 1 is 1.17 bits per heavy atom. The van der Waals surface area contributed by atoms with Crippen LogP contribution in [0, 0.1) is 5.92 Å². The maximum atomic E-state index is 12.6. The van der Waals surface area contributed by atoms with Crippen molar-refractivity contribution in [3.63, 3.8) is 0 Å². The van der Waals surface area contributed by atoms with E-state index < -0.39 is 17.8 Å². The second-order valence-electron chi connectivity index (χ2n) is 7.28. The molecule has 0 aliphatic heterocycles. The van der Waals surface area contributed by atoms with Crippen molar-refractivity contribution < 1.29 is 18.0 Å². The molecule has 2 aromatic heterocycles. The van der Waals surface area contributed by atoms with Gasteiger partial charge < -0.3 is 15.2 Å². The number of halogens is 3. The van der Waals surface area contributed by atoms with E-state index in [0.29, 0.717) is 24.6 Å². The van der Waals surface area contributed by atoms with Crippen LogP contribution in [-0.2, 0) is 19.1 Å². The number of alkyl halides is 3. The smallest absolute Gasteiger partial charge is 0.338 e. The lowest BCUT2D eigenvalue weighted by molar-refractivity contribution is -0.137. The zero-order valence-corrected chi connectivity index (χ0v) is 16.3. The standard InChI is InChI=1S/C21H23F3N4O/c1-14(2)12-28-13-15(18-4-3-10-25-19(18)28)9-11-26-20(29)27-17-7-5-16(6-8-17)21(22,23)24/h3-8,10,13-14H,9,11-12H2,1-2H3,(H2,26,27,29). The molecule has 154 valence electrons. The molecule has 1 aromatic carbocycles. The molecule has 2 heterocycles. The predicted molar refractivity (Wildman–Crippen MR) is 107 cm³/mol. The van der Waals surface area contributed by atoms with Crippen molar-refractivity contribution in [2.75, 3.05) is 11.9 Å². The van der Waals surface area contributed by atoms with Crippen molar-refractivity contribution in [2.24, 2.45) is 5.92 Å². The Balaban J connectivity index is 1.58. The van der Waals surface area contributed by atoms with Crippen LogP contribution in [0.15, 0.2) is 48.8 Å². The van der Waals surface area contributed by atoms with Crippen LogP contribution in [0.4, 0.5) is 23.7 Å². The van der Waals surface area contributed by atoms with E-state index in [0.717, 1.165) is 35.3 Å². The Hall–Kier alpha value is -3.03. The predicted octanol–water partition coefficient (Wildman–Crippen LogP) is 5.08. The largest absolute Gasteiger partial charge is 0.416 e. The van der Waals surface area contributed by atoms with Crippen molar-refractivity contribution in [1.29, 1.82) is 0 Å². The summed E-state index contributed by atoms with van der Waals surface area (Å²) in [6.07, 6.45) is 0.0456. The lowest BCUT2D eigenvalue weighted by Crippen LogP contribution is -2.30. The van der Waals surface area contributed by atoms with Gasteiger partial charge >= 0.3 is 12.2 Å². The van der Waals surface area contributed by atoms with Gasteiger partial charge in [0.1, 0.15) is 5.65 Å². The highest BCUT2D eigenvalue weighted by atomic mass is 19.4. The van der Waals surface area contributed by atoms with Gasteiger partial charge in [-0.05, 0) is 54.3 Å². The first-order chi connectivity index (χ1) is 13.7. The summed E-state index contributed by atoms with van der Waals surface area (Å²) in [4.78, 5) is 16.5. The number of nitrogens with zero attached hydrogens (tertiary/aromatic N) is 2. The Kier molecular flexibility index (Phi) is 6.10. The maximum absolute atomic E-state index is 12.6. The Morgan fingerprint density at radius 2 is 1.90 bits per heavy atom. The third kappa shape index (κ3) is 5.28. The first-order valence-electron chi connectivity index (χ1n) is 9.39. The lowest BCUT2D eigenvalue weighted by atomic mass is 10.1. The summed E-state index contributed by atoms with van der Waals surface area (Å²) in [5, 5.41) is 6.33. The Bertz CT molecular complexity index is 978. The summed E-state index contributed by atoms with van der Waals surface area (Å²) >= 11 is 0. The van der Waals surface area contributed by atoms with Crippen LogP contribution in [0.25, 0.3) is 11.0 Å². The van der Waals surface area contributed by atoms with Gasteiger partial charge in [-0.3, -0.25) is 0 Å². The number of fused-ring (bicyclic) bond motifs is 1. The monoisotopic (exact) mass is 404 g/mol. The van der Waals surface area contributed by atoms with Crippen LogP contribution >= 0.6 is 0 Å². The van der Waals surface area contributed by atoms with Gasteiger partial charge in [-0.2, -0.15) is 13.2 Å². The molecular formula is C21H23F3N4O. The molecule has 0 bridgehead atoms. The molecule has 0 spiro atoms. The zero-order chi connectivity index (χ0) is 21.0. The number of carbonyl (C=O) groups excluding carboxylic acids is 1. The molecule has 2 amide bonds. The maximum Gasteiger partial charge on any atom is 0.416 e. The van der Waals surface area contributed by atoms with E-state index in [9.17, 15) is 18.0 Å². The number of urea groups is 1. The topological polar surface area (TPSA) is 59.0 Å². The number of anilines is 1. The summed E-state index contributed by atoms with van der Waals surface area (Å²) < 4.78 is 39.9. The molecule has 8 heteroatoms. The van der Waals surface area contributed by atoms with Gasteiger partial charge in [0.15, 0.2) is 0 Å². The lowest BCUT2D eigenvalue weighted by Gasteiger charge is -2.09. The molecule has 5 nitrogen and oxygen atoms in total. The molecule has 0 fully saturated rings. The van der Waals surface area contributed by atoms with Crippen molar-refractivity contribution >= 4 is 22.8 Å². The molecule has 29 heavy (non-hydrogen) atoms. The fraction of sp³-hybridized carbons (Fsp3) is 0.333. The van der Waals surface area contributed by atoms with E-state index in [1.165, 1.54) is 12.1 Å². The highest BCUT2D eigenvalue weighted by Gasteiger charge is 2.29. The minimum absolute atomic E-state index is 0.299. The average molecular weight is 404 g/mol. The number of aromatic nitrogens is 2. The molecule has 3 rings (SSSR count).